The van der Waals surface area contributed by atoms with Crippen LogP contribution in [0.1, 0.15) is 5.76 Å². The minimum atomic E-state index is -1.59. The van der Waals surface area contributed by atoms with Crippen molar-refractivity contribution in [3.05, 3.63) is 52.6 Å². The number of aromatic hydroxyl groups is 1. The number of benzene rings is 1. The lowest BCUT2D eigenvalue weighted by molar-refractivity contribution is -0.276. The topological polar surface area (TPSA) is 159 Å². The zero-order valence-corrected chi connectivity index (χ0v) is 14.5. The van der Waals surface area contributed by atoms with Gasteiger partial charge in [-0.25, -0.2) is 0 Å². The van der Waals surface area contributed by atoms with Crippen LogP contribution in [0.2, 0.25) is 0 Å². The van der Waals surface area contributed by atoms with Crippen LogP contribution in [0.5, 0.6) is 17.2 Å². The van der Waals surface area contributed by atoms with E-state index in [-0.39, 0.29) is 29.6 Å². The molecule has 0 radical (unpaired) electrons. The lowest BCUT2D eigenvalue weighted by Crippen LogP contribution is -2.60. The van der Waals surface area contributed by atoms with E-state index in [0.29, 0.717) is 0 Å². The van der Waals surface area contributed by atoms with Crippen LogP contribution in [0.15, 0.2) is 45.8 Å². The summed E-state index contributed by atoms with van der Waals surface area (Å²) in [6.07, 6.45) is -6.08. The van der Waals surface area contributed by atoms with Crippen LogP contribution >= 0.6 is 0 Å². The predicted octanol–water partition coefficient (Wildman–Crippen LogP) is -0.897. The molecule has 1 aromatic heterocycles. The molecule has 2 aromatic rings. The number of aliphatic hydroxyl groups excluding tert-OH is 4. The molecular formula is C18H20O10. The van der Waals surface area contributed by atoms with Gasteiger partial charge in [0.25, 0.3) is 0 Å². The van der Waals surface area contributed by atoms with Gasteiger partial charge in [-0.15, -0.1) is 0 Å². The standard InChI is InChI=1S/C18H20O10/c19-6-11-5-12(21)13(7-25-11)26-8-14-15(22)16(23)17(24)18(28-14)27-10-3-1-9(20)2-4-10/h1-5,7,14-20,22-24H,6,8H2/t14-,15-,16+,17-,18-/m1/s1. The Hall–Kier alpha value is -2.63. The average Bonchev–Trinajstić information content (AvgIpc) is 2.69. The number of phenols is 1. The minimum Gasteiger partial charge on any atom is -0.508 e. The van der Waals surface area contributed by atoms with Crippen molar-refractivity contribution in [3.8, 4) is 17.2 Å². The highest BCUT2D eigenvalue weighted by Crippen LogP contribution is 2.25. The SMILES string of the molecule is O=c1cc(CO)occ1OC[C@H]1O[C@@H](Oc2ccc(O)cc2)[C@H](O)[C@@H](O)[C@@H]1O. The maximum Gasteiger partial charge on any atom is 0.229 e. The van der Waals surface area contributed by atoms with E-state index in [1.165, 1.54) is 24.3 Å². The van der Waals surface area contributed by atoms with Crippen LogP contribution in [-0.2, 0) is 11.3 Å². The molecule has 1 aliphatic heterocycles. The highest BCUT2D eigenvalue weighted by Gasteiger charge is 2.45. The molecule has 1 fully saturated rings. The fourth-order valence-corrected chi connectivity index (χ4v) is 2.61. The first-order valence-corrected chi connectivity index (χ1v) is 8.39. The second kappa shape index (κ2) is 8.59. The summed E-state index contributed by atoms with van der Waals surface area (Å²) in [5, 5.41) is 48.5. The molecule has 0 saturated carbocycles. The van der Waals surface area contributed by atoms with E-state index in [0.717, 1.165) is 12.3 Å². The summed E-state index contributed by atoms with van der Waals surface area (Å²) in [6.45, 7) is -0.788. The second-order valence-corrected chi connectivity index (χ2v) is 6.17. The van der Waals surface area contributed by atoms with Crippen molar-refractivity contribution in [1.82, 2.24) is 0 Å². The van der Waals surface area contributed by atoms with Gasteiger partial charge in [0.15, 0.2) is 0 Å². The van der Waals surface area contributed by atoms with Gasteiger partial charge in [-0.1, -0.05) is 0 Å². The van der Waals surface area contributed by atoms with Crippen molar-refractivity contribution in [2.75, 3.05) is 6.61 Å². The van der Waals surface area contributed by atoms with E-state index in [1.807, 2.05) is 0 Å². The van der Waals surface area contributed by atoms with Gasteiger partial charge in [0.1, 0.15) is 61.2 Å². The summed E-state index contributed by atoms with van der Waals surface area (Å²) in [7, 11) is 0. The summed E-state index contributed by atoms with van der Waals surface area (Å²) >= 11 is 0. The number of hydrogen-bond acceptors (Lipinski definition) is 10. The van der Waals surface area contributed by atoms with Crippen molar-refractivity contribution < 1.29 is 44.2 Å². The zero-order valence-electron chi connectivity index (χ0n) is 14.5. The summed E-state index contributed by atoms with van der Waals surface area (Å²) in [6, 6.07) is 6.66. The molecule has 0 spiro atoms. The quantitative estimate of drug-likeness (QED) is 0.414. The molecule has 10 nitrogen and oxygen atoms in total. The fourth-order valence-electron chi connectivity index (χ4n) is 2.61. The molecule has 5 N–H and O–H groups in total. The Kier molecular flexibility index (Phi) is 6.17. The largest absolute Gasteiger partial charge is 0.508 e. The first-order chi connectivity index (χ1) is 13.4. The van der Waals surface area contributed by atoms with E-state index in [2.05, 4.69) is 0 Å². The molecule has 0 aliphatic carbocycles. The number of phenolic OH excluding ortho intramolecular Hbond substituents is 1. The smallest absolute Gasteiger partial charge is 0.229 e. The van der Waals surface area contributed by atoms with Crippen molar-refractivity contribution in [2.24, 2.45) is 0 Å². The van der Waals surface area contributed by atoms with Crippen LogP contribution in [0.25, 0.3) is 0 Å². The lowest BCUT2D eigenvalue weighted by atomic mass is 9.99. The molecule has 0 bridgehead atoms. The molecule has 2 heterocycles. The molecule has 28 heavy (non-hydrogen) atoms. The summed E-state index contributed by atoms with van der Waals surface area (Å²) < 4.78 is 21.2. The second-order valence-electron chi connectivity index (χ2n) is 6.17. The first-order valence-electron chi connectivity index (χ1n) is 8.39. The van der Waals surface area contributed by atoms with Crippen LogP contribution < -0.4 is 14.9 Å². The third-order valence-corrected chi connectivity index (χ3v) is 4.17. The Morgan fingerprint density at radius 2 is 1.75 bits per heavy atom. The van der Waals surface area contributed by atoms with Gasteiger partial charge in [-0.3, -0.25) is 4.79 Å². The number of ether oxygens (including phenoxy) is 3. The maximum atomic E-state index is 11.9. The van der Waals surface area contributed by atoms with Crippen LogP contribution in [0.4, 0.5) is 0 Å². The molecule has 1 saturated heterocycles. The van der Waals surface area contributed by atoms with E-state index in [4.69, 9.17) is 23.7 Å². The number of rotatable bonds is 6. The molecule has 10 heteroatoms. The van der Waals surface area contributed by atoms with Crippen molar-refractivity contribution in [1.29, 1.82) is 0 Å². The van der Waals surface area contributed by atoms with E-state index < -0.39 is 42.7 Å². The summed E-state index contributed by atoms with van der Waals surface area (Å²) in [5.74, 6) is 0.160. The van der Waals surface area contributed by atoms with Crippen LogP contribution in [0, 0.1) is 0 Å². The molecule has 1 aliphatic rings. The molecule has 3 rings (SSSR count). The van der Waals surface area contributed by atoms with Crippen molar-refractivity contribution >= 4 is 0 Å². The third-order valence-electron chi connectivity index (χ3n) is 4.17. The summed E-state index contributed by atoms with van der Waals surface area (Å²) in [5.41, 5.74) is -0.543. The summed E-state index contributed by atoms with van der Waals surface area (Å²) in [4.78, 5) is 11.9. The molecule has 0 amide bonds. The van der Waals surface area contributed by atoms with Gasteiger partial charge in [-0.2, -0.15) is 0 Å². The average molecular weight is 396 g/mol. The van der Waals surface area contributed by atoms with E-state index in [1.54, 1.807) is 0 Å². The zero-order chi connectivity index (χ0) is 20.3. The molecule has 0 unspecified atom stereocenters. The molecule has 1 aromatic carbocycles. The lowest BCUT2D eigenvalue weighted by Gasteiger charge is -2.39. The van der Waals surface area contributed by atoms with Crippen molar-refractivity contribution in [2.45, 2.75) is 37.3 Å². The Morgan fingerprint density at radius 3 is 2.39 bits per heavy atom. The Labute approximate surface area is 158 Å². The molecular weight excluding hydrogens is 376 g/mol. The minimum absolute atomic E-state index is 0.0187. The number of aliphatic hydroxyl groups is 4. The van der Waals surface area contributed by atoms with Crippen molar-refractivity contribution in [3.63, 3.8) is 0 Å². The normalized spacial score (nSPS) is 27.4. The Balaban J connectivity index is 1.68. The fraction of sp³-hybridized carbons (Fsp3) is 0.389. The van der Waals surface area contributed by atoms with Gasteiger partial charge in [0.2, 0.25) is 17.5 Å². The van der Waals surface area contributed by atoms with Gasteiger partial charge in [-0.05, 0) is 24.3 Å². The van der Waals surface area contributed by atoms with Gasteiger partial charge in [0.05, 0.1) is 0 Å². The van der Waals surface area contributed by atoms with E-state index >= 15 is 0 Å². The highest BCUT2D eigenvalue weighted by atomic mass is 16.7. The highest BCUT2D eigenvalue weighted by molar-refractivity contribution is 5.30. The van der Waals surface area contributed by atoms with Crippen LogP contribution in [0.3, 0.4) is 0 Å². The molecule has 152 valence electrons. The predicted molar refractivity (Wildman–Crippen MR) is 91.8 cm³/mol. The van der Waals surface area contributed by atoms with Crippen LogP contribution in [-0.4, -0.2) is 62.8 Å². The first kappa shape index (κ1) is 20.1. The van der Waals surface area contributed by atoms with Gasteiger partial charge >= 0.3 is 0 Å². The monoisotopic (exact) mass is 396 g/mol. The third kappa shape index (κ3) is 4.43. The van der Waals surface area contributed by atoms with E-state index in [9.17, 15) is 25.2 Å². The van der Waals surface area contributed by atoms with Gasteiger partial charge < -0.3 is 44.2 Å². The van der Waals surface area contributed by atoms with Gasteiger partial charge in [0, 0.05) is 6.07 Å². The number of hydrogen-bond donors (Lipinski definition) is 5. The Bertz CT molecular complexity index is 833. The Morgan fingerprint density at radius 1 is 1.04 bits per heavy atom. The molecule has 5 atom stereocenters. The maximum absolute atomic E-state index is 11.9.